The largest absolute Gasteiger partial charge is 0.479 e. The number of nitrogens with zero attached hydrogens (tertiary/aromatic N) is 2. The summed E-state index contributed by atoms with van der Waals surface area (Å²) < 4.78 is 0. The molecule has 1 fully saturated rings. The molecule has 0 saturated carbocycles. The Morgan fingerprint density at radius 3 is 2.73 bits per heavy atom. The first-order valence-electron chi connectivity index (χ1n) is 6.96. The Balaban J connectivity index is 1.73. The van der Waals surface area contributed by atoms with E-state index in [4.69, 9.17) is 0 Å². The van der Waals surface area contributed by atoms with E-state index < -0.39 is 18.1 Å². The fraction of sp³-hybridized carbons (Fsp3) is 0.312. The first kappa shape index (κ1) is 14.8. The van der Waals surface area contributed by atoms with Gasteiger partial charge in [0.05, 0.1) is 5.04 Å². The zero-order chi connectivity index (χ0) is 15.9. The van der Waals surface area contributed by atoms with Crippen molar-refractivity contribution in [2.24, 2.45) is 4.99 Å². The number of benzene rings is 1. The Hall–Kier alpha value is -2.08. The fourth-order valence-corrected chi connectivity index (χ4v) is 4.08. The molecule has 1 aromatic rings. The van der Waals surface area contributed by atoms with Crippen LogP contribution in [0.2, 0.25) is 0 Å². The van der Waals surface area contributed by atoms with Crippen LogP contribution >= 0.6 is 11.8 Å². The second-order valence-corrected chi connectivity index (χ2v) is 6.66. The lowest BCUT2D eigenvalue weighted by molar-refractivity contribution is -0.157. The molecule has 3 atom stereocenters. The summed E-state index contributed by atoms with van der Waals surface area (Å²) in [5.41, 5.74) is 1.58. The molecule has 1 amide bonds. The van der Waals surface area contributed by atoms with Crippen LogP contribution < -0.4 is 0 Å². The number of fused-ring (bicyclic) bond motifs is 1. The first-order chi connectivity index (χ1) is 10.5. The predicted molar refractivity (Wildman–Crippen MR) is 85.8 cm³/mol. The van der Waals surface area contributed by atoms with Gasteiger partial charge in [-0.1, -0.05) is 48.7 Å². The van der Waals surface area contributed by atoms with Crippen LogP contribution in [0.4, 0.5) is 0 Å². The van der Waals surface area contributed by atoms with E-state index in [9.17, 15) is 14.7 Å². The summed E-state index contributed by atoms with van der Waals surface area (Å²) in [5.74, 6) is -1.27. The minimum Gasteiger partial charge on any atom is -0.479 e. The van der Waals surface area contributed by atoms with E-state index in [1.165, 1.54) is 16.7 Å². The van der Waals surface area contributed by atoms with E-state index in [-0.39, 0.29) is 11.3 Å². The molecule has 3 rings (SSSR count). The molecule has 0 bridgehead atoms. The van der Waals surface area contributed by atoms with E-state index in [1.807, 2.05) is 30.3 Å². The molecule has 0 aliphatic carbocycles. The molecular weight excluding hydrogens is 300 g/mol. The predicted octanol–water partition coefficient (Wildman–Crippen LogP) is 1.94. The van der Waals surface area contributed by atoms with Gasteiger partial charge in [0.2, 0.25) is 0 Å². The van der Waals surface area contributed by atoms with Crippen LogP contribution in [0.1, 0.15) is 12.5 Å². The Morgan fingerprint density at radius 1 is 1.45 bits per heavy atom. The molecule has 0 radical (unpaired) electrons. The molecule has 6 heteroatoms. The molecule has 1 saturated heterocycles. The summed E-state index contributed by atoms with van der Waals surface area (Å²) in [6.07, 6.45) is 0.671. The van der Waals surface area contributed by atoms with Crippen LogP contribution in [-0.4, -0.2) is 44.4 Å². The van der Waals surface area contributed by atoms with Gasteiger partial charge in [0, 0.05) is 6.42 Å². The van der Waals surface area contributed by atoms with Crippen molar-refractivity contribution >= 4 is 28.7 Å². The van der Waals surface area contributed by atoms with Gasteiger partial charge >= 0.3 is 5.97 Å². The van der Waals surface area contributed by atoms with Crippen molar-refractivity contribution in [1.29, 1.82) is 0 Å². The number of aliphatic carboxylic acids is 1. The normalized spacial score (nSPS) is 24.3. The topological polar surface area (TPSA) is 70.0 Å². The van der Waals surface area contributed by atoms with E-state index in [2.05, 4.69) is 11.6 Å². The Labute approximate surface area is 132 Å². The number of likely N-dealkylation sites (tertiary alicyclic amines) is 1. The zero-order valence-corrected chi connectivity index (χ0v) is 12.9. The highest BCUT2D eigenvalue weighted by Crippen LogP contribution is 2.41. The molecule has 114 valence electrons. The Bertz CT molecular complexity index is 657. The third-order valence-electron chi connectivity index (χ3n) is 3.77. The Kier molecular flexibility index (Phi) is 3.78. The Morgan fingerprint density at radius 2 is 2.14 bits per heavy atom. The van der Waals surface area contributed by atoms with Crippen molar-refractivity contribution < 1.29 is 14.7 Å². The summed E-state index contributed by atoms with van der Waals surface area (Å²) in [6, 6.07) is 8.49. The molecule has 0 unspecified atom stereocenters. The molecule has 2 heterocycles. The summed E-state index contributed by atoms with van der Waals surface area (Å²) in [7, 11) is 0. The number of aliphatic imine (C=N–C) groups is 1. The molecule has 5 nitrogen and oxygen atoms in total. The number of carbonyl (C=O) groups excluding carboxylic acids is 1. The maximum Gasteiger partial charge on any atom is 0.330 e. The SMILES string of the molecule is C=C(C)[C@H](C(=O)O)N1C(=O)[C@H]2N=C(Cc3ccccc3)S[C@H]21. The number of hydrogen-bond acceptors (Lipinski definition) is 4. The monoisotopic (exact) mass is 316 g/mol. The number of thioether (sulfide) groups is 1. The number of carbonyl (C=O) groups is 2. The van der Waals surface area contributed by atoms with Crippen LogP contribution in [0.15, 0.2) is 47.5 Å². The number of β-lactam (4-membered cyclic amide) rings is 1. The van der Waals surface area contributed by atoms with Gasteiger partial charge in [-0.15, -0.1) is 0 Å². The fourth-order valence-electron chi connectivity index (χ4n) is 2.73. The number of hydrogen-bond donors (Lipinski definition) is 1. The molecule has 2 aliphatic rings. The quantitative estimate of drug-likeness (QED) is 0.666. The van der Waals surface area contributed by atoms with Gasteiger partial charge in [-0.25, -0.2) is 4.79 Å². The lowest BCUT2D eigenvalue weighted by atomic mass is 10.00. The van der Waals surface area contributed by atoms with E-state index in [1.54, 1.807) is 6.92 Å². The van der Waals surface area contributed by atoms with Gasteiger partial charge in [-0.2, -0.15) is 0 Å². The zero-order valence-electron chi connectivity index (χ0n) is 12.1. The molecule has 1 N–H and O–H groups in total. The van der Waals surface area contributed by atoms with Crippen LogP contribution in [0.25, 0.3) is 0 Å². The highest BCUT2D eigenvalue weighted by Gasteiger charge is 2.56. The van der Waals surface area contributed by atoms with Gasteiger partial charge < -0.3 is 10.0 Å². The minimum absolute atomic E-state index is 0.219. The second-order valence-electron chi connectivity index (χ2n) is 5.47. The van der Waals surface area contributed by atoms with Crippen molar-refractivity contribution in [3.63, 3.8) is 0 Å². The van der Waals surface area contributed by atoms with Crippen molar-refractivity contribution in [2.45, 2.75) is 30.8 Å². The molecule has 0 aromatic heterocycles. The van der Waals surface area contributed by atoms with Gasteiger partial charge in [-0.3, -0.25) is 9.79 Å². The van der Waals surface area contributed by atoms with Gasteiger partial charge in [0.25, 0.3) is 5.91 Å². The van der Waals surface area contributed by atoms with Gasteiger partial charge in [0.15, 0.2) is 12.1 Å². The number of carboxylic acid groups (broad SMARTS) is 1. The summed E-state index contributed by atoms with van der Waals surface area (Å²) in [6.45, 7) is 5.32. The maximum absolute atomic E-state index is 12.2. The second kappa shape index (κ2) is 5.61. The summed E-state index contributed by atoms with van der Waals surface area (Å²) >= 11 is 1.48. The number of rotatable bonds is 5. The molecule has 22 heavy (non-hydrogen) atoms. The van der Waals surface area contributed by atoms with Crippen LogP contribution in [-0.2, 0) is 16.0 Å². The standard InChI is InChI=1S/C16H16N2O3S/c1-9(2)13(16(20)21)18-14(19)12-15(18)22-11(17-12)8-10-6-4-3-5-7-10/h3-7,12-13,15H,1,8H2,2H3,(H,20,21)/t12-,13-,15-/m1/s1. The highest BCUT2D eigenvalue weighted by molar-refractivity contribution is 8.14. The molecular formula is C16H16N2O3S. The number of amides is 1. The van der Waals surface area contributed by atoms with Gasteiger partial charge in [-0.05, 0) is 18.1 Å². The highest BCUT2D eigenvalue weighted by atomic mass is 32.2. The lowest BCUT2D eigenvalue weighted by Crippen LogP contribution is -2.66. The van der Waals surface area contributed by atoms with Crippen molar-refractivity contribution in [3.05, 3.63) is 48.0 Å². The smallest absolute Gasteiger partial charge is 0.330 e. The van der Waals surface area contributed by atoms with E-state index >= 15 is 0 Å². The minimum atomic E-state index is -1.04. The first-order valence-corrected chi connectivity index (χ1v) is 7.84. The third-order valence-corrected chi connectivity index (χ3v) is 5.02. The molecule has 2 aliphatic heterocycles. The van der Waals surface area contributed by atoms with Crippen LogP contribution in [0, 0.1) is 0 Å². The molecule has 0 spiro atoms. The third kappa shape index (κ3) is 2.43. The van der Waals surface area contributed by atoms with Crippen molar-refractivity contribution in [3.8, 4) is 0 Å². The summed E-state index contributed by atoms with van der Waals surface area (Å²) in [5, 5.41) is 9.98. The number of carboxylic acids is 1. The molecule has 1 aromatic carbocycles. The van der Waals surface area contributed by atoms with Crippen LogP contribution in [0.3, 0.4) is 0 Å². The van der Waals surface area contributed by atoms with Crippen molar-refractivity contribution in [1.82, 2.24) is 4.90 Å². The average molecular weight is 316 g/mol. The maximum atomic E-state index is 12.2. The van der Waals surface area contributed by atoms with Crippen molar-refractivity contribution in [2.75, 3.05) is 0 Å². The summed E-state index contributed by atoms with van der Waals surface area (Å²) in [4.78, 5) is 29.4. The van der Waals surface area contributed by atoms with E-state index in [0.717, 1.165) is 10.6 Å². The van der Waals surface area contributed by atoms with E-state index in [0.29, 0.717) is 12.0 Å². The van der Waals surface area contributed by atoms with Crippen LogP contribution in [0.5, 0.6) is 0 Å². The van der Waals surface area contributed by atoms with Gasteiger partial charge in [0.1, 0.15) is 5.37 Å². The average Bonchev–Trinajstić information content (AvgIpc) is 2.84. The lowest BCUT2D eigenvalue weighted by Gasteiger charge is -2.44.